The largest absolute Gasteiger partial charge is 0.328 e. The predicted molar refractivity (Wildman–Crippen MR) is 194 cm³/mol. The second-order valence-corrected chi connectivity index (χ2v) is 11.9. The molecule has 2 heterocycles. The maximum absolute atomic E-state index is 12.7. The zero-order chi connectivity index (χ0) is 32.6. The third-order valence-electron chi connectivity index (χ3n) is 8.82. The van der Waals surface area contributed by atoms with Crippen LogP contribution in [0, 0.1) is 0 Å². The van der Waals surface area contributed by atoms with E-state index >= 15 is 0 Å². The number of rotatable bonds is 6. The maximum Gasteiger partial charge on any atom is 0.328 e. The molecule has 8 rings (SSSR count). The van der Waals surface area contributed by atoms with E-state index in [-0.39, 0.29) is 5.69 Å². The average Bonchev–Trinajstić information content (AvgIpc) is 3.38. The van der Waals surface area contributed by atoms with Crippen molar-refractivity contribution >= 4 is 11.0 Å². The van der Waals surface area contributed by atoms with Crippen LogP contribution >= 0.6 is 0 Å². The van der Waals surface area contributed by atoms with Crippen molar-refractivity contribution in [3.8, 4) is 67.5 Å². The summed E-state index contributed by atoms with van der Waals surface area (Å²) in [6.07, 6.45) is 0. The minimum atomic E-state index is -0.0520. The molecule has 0 aliphatic rings. The average molecular weight is 622 g/mol. The van der Waals surface area contributed by atoms with Crippen molar-refractivity contribution in [2.75, 3.05) is 0 Å². The molecule has 2 aromatic heterocycles. The van der Waals surface area contributed by atoms with E-state index < -0.39 is 0 Å². The van der Waals surface area contributed by atoms with Crippen molar-refractivity contribution in [1.29, 1.82) is 0 Å². The van der Waals surface area contributed by atoms with Crippen molar-refractivity contribution in [2.45, 2.75) is 0 Å². The number of hydrogen-bond acceptors (Lipinski definition) is 4. The normalized spacial score (nSPS) is 11.2. The Morgan fingerprint density at radius 3 is 1.31 bits per heavy atom. The second-order valence-electron chi connectivity index (χ2n) is 11.9. The highest BCUT2D eigenvalue weighted by molar-refractivity contribution is 5.86. The predicted octanol–water partition coefficient (Wildman–Crippen LogP) is 9.06. The Kier molecular flexibility index (Phi) is 7.31. The quantitative estimate of drug-likeness (QED) is 0.186. The molecule has 0 atom stereocenters. The van der Waals surface area contributed by atoms with Gasteiger partial charge in [-0.3, -0.25) is 9.13 Å². The molecule has 0 saturated carbocycles. The molecule has 0 saturated heterocycles. The van der Waals surface area contributed by atoms with Gasteiger partial charge in [0.05, 0.1) is 11.0 Å². The molecular weight excluding hydrogens is 590 g/mol. The van der Waals surface area contributed by atoms with Crippen LogP contribution in [-0.4, -0.2) is 24.1 Å². The number of imidazole rings is 1. The molecule has 0 radical (unpaired) electrons. The molecule has 0 aliphatic carbocycles. The number of hydrogen-bond donors (Lipinski definition) is 0. The van der Waals surface area contributed by atoms with Crippen LogP contribution in [0.1, 0.15) is 0 Å². The van der Waals surface area contributed by atoms with Crippen LogP contribution in [-0.2, 0) is 14.1 Å². The van der Waals surface area contributed by atoms with Gasteiger partial charge >= 0.3 is 5.69 Å². The molecule has 0 unspecified atom stereocenters. The van der Waals surface area contributed by atoms with Gasteiger partial charge < -0.3 is 0 Å². The molecule has 0 N–H and O–H groups in total. The van der Waals surface area contributed by atoms with Crippen LogP contribution in [0.4, 0.5) is 0 Å². The van der Waals surface area contributed by atoms with Gasteiger partial charge in [-0.25, -0.2) is 19.7 Å². The van der Waals surface area contributed by atoms with Gasteiger partial charge in [0.2, 0.25) is 0 Å². The summed E-state index contributed by atoms with van der Waals surface area (Å²) in [6.45, 7) is 0. The Morgan fingerprint density at radius 1 is 0.354 bits per heavy atom. The van der Waals surface area contributed by atoms with Crippen LogP contribution in [0.5, 0.6) is 0 Å². The fourth-order valence-electron chi connectivity index (χ4n) is 6.20. The van der Waals surface area contributed by atoms with E-state index in [9.17, 15) is 4.79 Å². The van der Waals surface area contributed by atoms with Gasteiger partial charge in [0.1, 0.15) is 0 Å². The highest BCUT2D eigenvalue weighted by atomic mass is 16.1. The van der Waals surface area contributed by atoms with Crippen molar-refractivity contribution in [3.05, 3.63) is 162 Å². The van der Waals surface area contributed by atoms with Crippen molar-refractivity contribution < 1.29 is 0 Å². The maximum atomic E-state index is 12.7. The second kappa shape index (κ2) is 12.1. The van der Waals surface area contributed by atoms with Crippen LogP contribution in [0.3, 0.4) is 0 Å². The van der Waals surface area contributed by atoms with E-state index in [1.54, 1.807) is 16.2 Å². The smallest absolute Gasteiger partial charge is 0.295 e. The van der Waals surface area contributed by atoms with Crippen molar-refractivity contribution in [2.24, 2.45) is 14.1 Å². The van der Waals surface area contributed by atoms with Crippen LogP contribution in [0.25, 0.3) is 78.6 Å². The first-order chi connectivity index (χ1) is 23.5. The SMILES string of the molecule is Cn1c(=O)n(C)c2cc(-c3cc(-c4ccccc4)cc(-c4nc(-c5ccccc5)nc(-c5ccc(-c6ccccc6)cc5)n4)c3)ccc21. The Labute approximate surface area is 278 Å². The summed E-state index contributed by atoms with van der Waals surface area (Å²) in [5.74, 6) is 1.79. The van der Waals surface area contributed by atoms with E-state index in [4.69, 9.17) is 15.0 Å². The molecule has 48 heavy (non-hydrogen) atoms. The van der Waals surface area contributed by atoms with Gasteiger partial charge in [0.25, 0.3) is 0 Å². The summed E-state index contributed by atoms with van der Waals surface area (Å²) in [7, 11) is 3.61. The number of benzene rings is 6. The molecule has 6 heteroatoms. The summed E-state index contributed by atoms with van der Waals surface area (Å²) in [6, 6.07) is 51.6. The lowest BCUT2D eigenvalue weighted by molar-refractivity contribution is 0.795. The van der Waals surface area contributed by atoms with Gasteiger partial charge in [-0.2, -0.15) is 0 Å². The van der Waals surface area contributed by atoms with Gasteiger partial charge in [-0.15, -0.1) is 0 Å². The number of nitrogens with zero attached hydrogens (tertiary/aromatic N) is 5. The highest BCUT2D eigenvalue weighted by Crippen LogP contribution is 2.34. The molecule has 6 nitrogen and oxygen atoms in total. The number of fused-ring (bicyclic) bond motifs is 1. The lowest BCUT2D eigenvalue weighted by Crippen LogP contribution is -2.19. The van der Waals surface area contributed by atoms with E-state index in [2.05, 4.69) is 78.9 Å². The Bertz CT molecular complexity index is 2470. The molecule has 0 fully saturated rings. The first kappa shape index (κ1) is 29.0. The van der Waals surface area contributed by atoms with E-state index in [0.717, 1.165) is 61.1 Å². The van der Waals surface area contributed by atoms with E-state index in [0.29, 0.717) is 17.5 Å². The molecule has 0 amide bonds. The lowest BCUT2D eigenvalue weighted by Gasteiger charge is -2.13. The third kappa shape index (κ3) is 5.39. The Hall–Kier alpha value is -6.40. The first-order valence-corrected chi connectivity index (χ1v) is 15.9. The molecule has 230 valence electrons. The zero-order valence-electron chi connectivity index (χ0n) is 26.6. The van der Waals surface area contributed by atoms with Crippen molar-refractivity contribution in [1.82, 2.24) is 24.1 Å². The van der Waals surface area contributed by atoms with Gasteiger partial charge in [0.15, 0.2) is 17.5 Å². The summed E-state index contributed by atoms with van der Waals surface area (Å²) in [5, 5.41) is 0. The van der Waals surface area contributed by atoms with Gasteiger partial charge in [-0.05, 0) is 63.7 Å². The number of aryl methyl sites for hydroxylation is 2. The van der Waals surface area contributed by atoms with Gasteiger partial charge in [-0.1, -0.05) is 121 Å². The summed E-state index contributed by atoms with van der Waals surface area (Å²) < 4.78 is 3.36. The molecule has 8 aromatic rings. The fraction of sp³-hybridized carbons (Fsp3) is 0.0476. The molecular formula is C42H31N5O. The molecule has 0 spiro atoms. The van der Waals surface area contributed by atoms with Crippen LogP contribution in [0.2, 0.25) is 0 Å². The van der Waals surface area contributed by atoms with Gasteiger partial charge in [0, 0.05) is 30.8 Å². The van der Waals surface area contributed by atoms with Crippen molar-refractivity contribution in [3.63, 3.8) is 0 Å². The standard InChI is InChI=1S/C42H31N5O/c1-46-37-23-22-33(27-38(37)47(2)42(46)48)35-24-34(29-14-8-4-9-15-29)25-36(26-35)41-44-39(31-16-10-5-11-17-31)43-40(45-41)32-20-18-30(19-21-32)28-12-6-3-7-13-28/h3-27H,1-2H3. The fourth-order valence-corrected chi connectivity index (χ4v) is 6.20. The highest BCUT2D eigenvalue weighted by Gasteiger charge is 2.16. The minimum absolute atomic E-state index is 0.0520. The van der Waals surface area contributed by atoms with E-state index in [1.807, 2.05) is 79.8 Å². The summed E-state index contributed by atoms with van der Waals surface area (Å²) >= 11 is 0. The minimum Gasteiger partial charge on any atom is -0.295 e. The summed E-state index contributed by atoms with van der Waals surface area (Å²) in [4.78, 5) is 27.8. The third-order valence-corrected chi connectivity index (χ3v) is 8.82. The zero-order valence-corrected chi connectivity index (χ0v) is 26.6. The monoisotopic (exact) mass is 621 g/mol. The molecule has 0 aliphatic heterocycles. The lowest BCUT2D eigenvalue weighted by atomic mass is 9.95. The molecule has 0 bridgehead atoms. The van der Waals surface area contributed by atoms with Crippen LogP contribution in [0.15, 0.2) is 156 Å². The number of aromatic nitrogens is 5. The molecule has 6 aromatic carbocycles. The van der Waals surface area contributed by atoms with Crippen LogP contribution < -0.4 is 5.69 Å². The Morgan fingerprint density at radius 2 is 0.729 bits per heavy atom. The topological polar surface area (TPSA) is 65.6 Å². The first-order valence-electron chi connectivity index (χ1n) is 15.9. The van der Waals surface area contributed by atoms with E-state index in [1.165, 1.54) is 0 Å². The summed E-state index contributed by atoms with van der Waals surface area (Å²) in [5.41, 5.74) is 10.8. The Balaban J connectivity index is 1.31.